The van der Waals surface area contributed by atoms with Crippen LogP contribution in [0.25, 0.3) is 0 Å². The van der Waals surface area contributed by atoms with E-state index in [0.29, 0.717) is 18.1 Å². The first-order chi connectivity index (χ1) is 10.7. The molecule has 1 aliphatic heterocycles. The summed E-state index contributed by atoms with van der Waals surface area (Å²) in [5.74, 6) is 1.17. The summed E-state index contributed by atoms with van der Waals surface area (Å²) in [7, 11) is 0. The summed E-state index contributed by atoms with van der Waals surface area (Å²) >= 11 is 0. The molecule has 0 aliphatic carbocycles. The highest BCUT2D eigenvalue weighted by molar-refractivity contribution is 5.90. The Morgan fingerprint density at radius 3 is 2.68 bits per heavy atom. The number of amides is 1. The van der Waals surface area contributed by atoms with Crippen molar-refractivity contribution in [2.75, 3.05) is 42.9 Å². The normalized spacial score (nSPS) is 15.8. The van der Waals surface area contributed by atoms with Crippen molar-refractivity contribution in [1.82, 2.24) is 5.16 Å². The van der Waals surface area contributed by atoms with Crippen LogP contribution in [0.2, 0.25) is 0 Å². The lowest BCUT2D eigenvalue weighted by atomic mass is 10.2. The number of carbonyl (C=O) groups excluding carboxylic acids is 1. The fourth-order valence-electron chi connectivity index (χ4n) is 2.74. The number of quaternary nitrogens is 1. The van der Waals surface area contributed by atoms with Crippen LogP contribution in [0, 0.1) is 6.92 Å². The van der Waals surface area contributed by atoms with E-state index in [2.05, 4.69) is 39.6 Å². The Labute approximate surface area is 129 Å². The average molecular weight is 301 g/mol. The van der Waals surface area contributed by atoms with Crippen molar-refractivity contribution in [1.29, 1.82) is 0 Å². The number of rotatable bonds is 4. The fraction of sp³-hybridized carbons (Fsp3) is 0.375. The summed E-state index contributed by atoms with van der Waals surface area (Å²) in [6.45, 7) is 6.12. The maximum Gasteiger partial charge on any atom is 0.280 e. The first kappa shape index (κ1) is 14.6. The molecule has 3 rings (SSSR count). The number of aromatic nitrogens is 1. The van der Waals surface area contributed by atoms with Crippen molar-refractivity contribution in [2.45, 2.75) is 6.92 Å². The molecule has 0 radical (unpaired) electrons. The molecular weight excluding hydrogens is 280 g/mol. The van der Waals surface area contributed by atoms with Crippen molar-refractivity contribution in [3.05, 3.63) is 42.2 Å². The number of nitrogens with zero attached hydrogens (tertiary/aromatic N) is 2. The highest BCUT2D eigenvalue weighted by atomic mass is 16.5. The predicted molar refractivity (Wildman–Crippen MR) is 84.1 cm³/mol. The second-order valence-corrected chi connectivity index (χ2v) is 5.62. The van der Waals surface area contributed by atoms with Gasteiger partial charge in [0, 0.05) is 11.8 Å². The van der Waals surface area contributed by atoms with Gasteiger partial charge in [0.25, 0.3) is 5.91 Å². The molecule has 1 aromatic carbocycles. The van der Waals surface area contributed by atoms with Gasteiger partial charge < -0.3 is 19.6 Å². The maximum absolute atomic E-state index is 12.0. The van der Waals surface area contributed by atoms with Gasteiger partial charge in [0.15, 0.2) is 12.4 Å². The Kier molecular flexibility index (Phi) is 4.39. The van der Waals surface area contributed by atoms with Gasteiger partial charge in [-0.1, -0.05) is 23.4 Å². The van der Waals surface area contributed by atoms with E-state index in [4.69, 9.17) is 4.52 Å². The number of benzene rings is 1. The molecule has 1 amide bonds. The Morgan fingerprint density at radius 2 is 2.05 bits per heavy atom. The molecule has 0 bridgehead atoms. The van der Waals surface area contributed by atoms with Crippen molar-refractivity contribution >= 4 is 17.4 Å². The molecule has 1 aromatic heterocycles. The number of piperazine rings is 1. The molecule has 6 heteroatoms. The van der Waals surface area contributed by atoms with Crippen LogP contribution in [0.15, 0.2) is 40.9 Å². The van der Waals surface area contributed by atoms with Crippen molar-refractivity contribution < 1.29 is 14.2 Å². The van der Waals surface area contributed by atoms with Crippen LogP contribution < -0.4 is 15.1 Å². The maximum atomic E-state index is 12.0. The SMILES string of the molecule is Cc1cc(NC(=O)C[NH+]2CCN(c3ccccc3)CC2)no1. The Morgan fingerprint density at radius 1 is 1.32 bits per heavy atom. The number of hydrogen-bond acceptors (Lipinski definition) is 4. The van der Waals surface area contributed by atoms with Crippen molar-refractivity contribution in [2.24, 2.45) is 0 Å². The summed E-state index contributed by atoms with van der Waals surface area (Å²) in [4.78, 5) is 15.7. The number of hydrogen-bond donors (Lipinski definition) is 2. The number of aryl methyl sites for hydroxylation is 1. The van der Waals surface area contributed by atoms with E-state index in [1.807, 2.05) is 6.07 Å². The molecular formula is C16H21N4O2+. The molecule has 0 spiro atoms. The third-order valence-electron chi connectivity index (χ3n) is 3.90. The minimum atomic E-state index is -0.0172. The summed E-state index contributed by atoms with van der Waals surface area (Å²) < 4.78 is 4.94. The van der Waals surface area contributed by atoms with Gasteiger partial charge in [-0.05, 0) is 19.1 Å². The number of para-hydroxylation sites is 1. The second-order valence-electron chi connectivity index (χ2n) is 5.62. The molecule has 22 heavy (non-hydrogen) atoms. The Hall–Kier alpha value is -2.34. The van der Waals surface area contributed by atoms with E-state index >= 15 is 0 Å². The molecule has 0 unspecified atom stereocenters. The van der Waals surface area contributed by atoms with Gasteiger partial charge in [-0.15, -0.1) is 0 Å². The molecule has 2 heterocycles. The quantitative estimate of drug-likeness (QED) is 0.854. The summed E-state index contributed by atoms with van der Waals surface area (Å²) in [6, 6.07) is 12.1. The average Bonchev–Trinajstić information content (AvgIpc) is 2.94. The third kappa shape index (κ3) is 3.65. The zero-order valence-corrected chi connectivity index (χ0v) is 12.7. The van der Waals surface area contributed by atoms with Gasteiger partial charge in [-0.25, -0.2) is 0 Å². The van der Waals surface area contributed by atoms with E-state index < -0.39 is 0 Å². The smallest absolute Gasteiger partial charge is 0.280 e. The Balaban J connectivity index is 1.46. The van der Waals surface area contributed by atoms with Gasteiger partial charge in [0.1, 0.15) is 5.76 Å². The molecule has 0 saturated carbocycles. The number of nitrogens with one attached hydrogen (secondary N) is 2. The third-order valence-corrected chi connectivity index (χ3v) is 3.90. The van der Waals surface area contributed by atoms with Gasteiger partial charge >= 0.3 is 0 Å². The van der Waals surface area contributed by atoms with Gasteiger partial charge in [-0.2, -0.15) is 0 Å². The Bertz CT molecular complexity index is 618. The molecule has 116 valence electrons. The lowest BCUT2D eigenvalue weighted by Gasteiger charge is -2.33. The predicted octanol–water partition coefficient (Wildman–Crippen LogP) is 0.327. The van der Waals surface area contributed by atoms with E-state index in [-0.39, 0.29) is 5.91 Å². The van der Waals surface area contributed by atoms with Crippen molar-refractivity contribution in [3.8, 4) is 0 Å². The monoisotopic (exact) mass is 301 g/mol. The fourth-order valence-corrected chi connectivity index (χ4v) is 2.74. The van der Waals surface area contributed by atoms with Crippen LogP contribution in [-0.4, -0.2) is 43.8 Å². The van der Waals surface area contributed by atoms with Crippen LogP contribution in [0.5, 0.6) is 0 Å². The zero-order valence-electron chi connectivity index (χ0n) is 12.7. The minimum absolute atomic E-state index is 0.0172. The second kappa shape index (κ2) is 6.62. The van der Waals surface area contributed by atoms with Gasteiger partial charge in [-0.3, -0.25) is 4.79 Å². The number of carbonyl (C=O) groups is 1. The van der Waals surface area contributed by atoms with Crippen LogP contribution in [0.1, 0.15) is 5.76 Å². The van der Waals surface area contributed by atoms with E-state index in [0.717, 1.165) is 26.2 Å². The van der Waals surface area contributed by atoms with Crippen LogP contribution in [0.3, 0.4) is 0 Å². The molecule has 1 saturated heterocycles. The molecule has 0 atom stereocenters. The first-order valence-corrected chi connectivity index (χ1v) is 7.57. The number of anilines is 2. The zero-order chi connectivity index (χ0) is 15.4. The summed E-state index contributed by atoms with van der Waals surface area (Å²) in [6.07, 6.45) is 0. The topological polar surface area (TPSA) is 62.8 Å². The highest BCUT2D eigenvalue weighted by Crippen LogP contribution is 2.12. The van der Waals surface area contributed by atoms with Crippen LogP contribution >= 0.6 is 0 Å². The molecule has 2 N–H and O–H groups in total. The largest absolute Gasteiger partial charge is 0.360 e. The summed E-state index contributed by atoms with van der Waals surface area (Å²) in [5, 5.41) is 6.55. The molecule has 1 fully saturated rings. The summed E-state index contributed by atoms with van der Waals surface area (Å²) in [5.41, 5.74) is 1.25. The molecule has 6 nitrogen and oxygen atoms in total. The van der Waals surface area contributed by atoms with Gasteiger partial charge in [0.05, 0.1) is 26.2 Å². The molecule has 1 aliphatic rings. The van der Waals surface area contributed by atoms with E-state index in [1.54, 1.807) is 13.0 Å². The lowest BCUT2D eigenvalue weighted by Crippen LogP contribution is -3.15. The van der Waals surface area contributed by atoms with E-state index in [9.17, 15) is 4.79 Å². The first-order valence-electron chi connectivity index (χ1n) is 7.57. The standard InChI is InChI=1S/C16H20N4O2/c1-13-11-15(18-22-13)17-16(21)12-19-7-9-20(10-8-19)14-5-3-2-4-6-14/h2-6,11H,7-10,12H2,1H3,(H,17,18,21)/p+1. The highest BCUT2D eigenvalue weighted by Gasteiger charge is 2.22. The van der Waals surface area contributed by atoms with Crippen LogP contribution in [0.4, 0.5) is 11.5 Å². The van der Waals surface area contributed by atoms with Crippen molar-refractivity contribution in [3.63, 3.8) is 0 Å². The van der Waals surface area contributed by atoms with Gasteiger partial charge in [0.2, 0.25) is 0 Å². The molecule has 2 aromatic rings. The van der Waals surface area contributed by atoms with Crippen LogP contribution in [-0.2, 0) is 4.79 Å². The lowest BCUT2D eigenvalue weighted by molar-refractivity contribution is -0.892. The minimum Gasteiger partial charge on any atom is -0.360 e. The van der Waals surface area contributed by atoms with E-state index in [1.165, 1.54) is 10.6 Å².